The zero-order valence-electron chi connectivity index (χ0n) is 18.5. The van der Waals surface area contributed by atoms with Gasteiger partial charge in [-0.3, -0.25) is 14.7 Å². The number of nitrogens with zero attached hydrogens (tertiary/aromatic N) is 7. The second-order valence-electron chi connectivity index (χ2n) is 8.26. The molecule has 1 aliphatic heterocycles. The number of aryl methyl sites for hydroxylation is 2. The van der Waals surface area contributed by atoms with E-state index in [0.717, 1.165) is 44.9 Å². The lowest BCUT2D eigenvalue weighted by Crippen LogP contribution is -2.32. The van der Waals surface area contributed by atoms with Crippen LogP contribution >= 0.6 is 0 Å². The van der Waals surface area contributed by atoms with E-state index < -0.39 is 0 Å². The summed E-state index contributed by atoms with van der Waals surface area (Å²) in [5.41, 5.74) is 5.86. The van der Waals surface area contributed by atoms with Crippen LogP contribution in [0.25, 0.3) is 34.2 Å². The van der Waals surface area contributed by atoms with Gasteiger partial charge in [0.15, 0.2) is 5.69 Å². The zero-order valence-corrected chi connectivity index (χ0v) is 18.5. The van der Waals surface area contributed by atoms with E-state index in [2.05, 4.69) is 37.4 Å². The first-order chi connectivity index (χ1) is 15.4. The van der Waals surface area contributed by atoms with E-state index in [1.165, 1.54) is 0 Å². The molecule has 162 valence electrons. The van der Waals surface area contributed by atoms with Crippen LogP contribution in [-0.4, -0.2) is 54.4 Å². The number of H-pyrrole nitrogens is 1. The fraction of sp³-hybridized carbons (Fsp3) is 0.304. The van der Waals surface area contributed by atoms with Gasteiger partial charge >= 0.3 is 0 Å². The van der Waals surface area contributed by atoms with Crippen LogP contribution in [0.2, 0.25) is 0 Å². The van der Waals surface area contributed by atoms with Crippen molar-refractivity contribution in [1.29, 1.82) is 5.26 Å². The van der Waals surface area contributed by atoms with Crippen molar-refractivity contribution in [2.75, 3.05) is 13.6 Å². The molecule has 0 amide bonds. The quantitative estimate of drug-likeness (QED) is 0.462. The van der Waals surface area contributed by atoms with Gasteiger partial charge in [0.05, 0.1) is 28.7 Å². The maximum absolute atomic E-state index is 9.63. The first kappa shape index (κ1) is 20.0. The topological polar surface area (TPSA) is 101 Å². The van der Waals surface area contributed by atoms with Gasteiger partial charge in [-0.2, -0.15) is 20.6 Å². The maximum atomic E-state index is 9.63. The predicted octanol–water partition coefficient (Wildman–Crippen LogP) is 2.95. The highest BCUT2D eigenvalue weighted by Gasteiger charge is 2.20. The van der Waals surface area contributed by atoms with Crippen LogP contribution in [0.4, 0.5) is 0 Å². The Labute approximate surface area is 185 Å². The first-order valence-corrected chi connectivity index (χ1v) is 10.4. The molecule has 9 nitrogen and oxygen atoms in total. The smallest absolute Gasteiger partial charge is 0.219 e. The van der Waals surface area contributed by atoms with Gasteiger partial charge in [0.2, 0.25) is 5.88 Å². The molecule has 9 heteroatoms. The number of hydrogen-bond acceptors (Lipinski definition) is 6. The van der Waals surface area contributed by atoms with Crippen molar-refractivity contribution in [3.8, 4) is 23.1 Å². The minimum atomic E-state index is -0.0739. The summed E-state index contributed by atoms with van der Waals surface area (Å²) in [5, 5.41) is 27.0. The highest BCUT2D eigenvalue weighted by molar-refractivity contribution is 5.93. The van der Waals surface area contributed by atoms with E-state index in [1.54, 1.807) is 9.36 Å². The molecule has 4 aromatic rings. The number of hydrogen-bond donors (Lipinski definition) is 1. The molecule has 1 atom stereocenters. The molecule has 0 saturated carbocycles. The minimum Gasteiger partial charge on any atom is -0.473 e. The van der Waals surface area contributed by atoms with Crippen molar-refractivity contribution in [2.24, 2.45) is 14.1 Å². The summed E-state index contributed by atoms with van der Waals surface area (Å²) in [6.07, 6.45) is 5.67. The van der Waals surface area contributed by atoms with Gasteiger partial charge in [-0.25, -0.2) is 4.68 Å². The molecule has 0 spiro atoms. The molecule has 0 aliphatic carbocycles. The van der Waals surface area contributed by atoms with Crippen LogP contribution in [0.5, 0.6) is 5.88 Å². The summed E-state index contributed by atoms with van der Waals surface area (Å²) in [7, 11) is 5.80. The Morgan fingerprint density at radius 3 is 2.84 bits per heavy atom. The average molecular weight is 429 g/mol. The summed E-state index contributed by atoms with van der Waals surface area (Å²) in [6, 6.07) is 8.33. The molecule has 1 aromatic carbocycles. The zero-order chi connectivity index (χ0) is 22.4. The third kappa shape index (κ3) is 3.35. The van der Waals surface area contributed by atoms with E-state index in [0.29, 0.717) is 18.8 Å². The molecule has 1 unspecified atom stereocenters. The van der Waals surface area contributed by atoms with E-state index in [-0.39, 0.29) is 6.10 Å². The van der Waals surface area contributed by atoms with Gasteiger partial charge in [-0.05, 0) is 43.8 Å². The van der Waals surface area contributed by atoms with Crippen LogP contribution in [0, 0.1) is 11.3 Å². The summed E-state index contributed by atoms with van der Waals surface area (Å²) in [6.45, 7) is 3.37. The number of aromatic nitrogens is 6. The average Bonchev–Trinajstić information content (AvgIpc) is 3.42. The monoisotopic (exact) mass is 428 g/mol. The van der Waals surface area contributed by atoms with Gasteiger partial charge in [0, 0.05) is 38.1 Å². The lowest BCUT2D eigenvalue weighted by atomic mass is 10.0. The lowest BCUT2D eigenvalue weighted by molar-refractivity contribution is 0.147. The maximum Gasteiger partial charge on any atom is 0.219 e. The number of ether oxygens (including phenoxy) is 1. The Kier molecular flexibility index (Phi) is 4.79. The molecular formula is C23H24N8O. The Balaban J connectivity index is 1.71. The number of nitriles is 1. The highest BCUT2D eigenvalue weighted by Crippen LogP contribution is 2.33. The van der Waals surface area contributed by atoms with Gasteiger partial charge in [-0.15, -0.1) is 0 Å². The number of rotatable bonds is 0. The standard InChI is InChI=1S/C23H24N8O/c1-14-12-29(2)13-22-16(21(10-24)28-30(22)3)6-8-20-17-9-15(5-7-19(17)26-27-20)18-11-25-31(4)23(18)32-14/h5-9,11,14H,12-13H2,1-4H3,(H,26,27)/b8-6+. The van der Waals surface area contributed by atoms with Gasteiger partial charge in [0.1, 0.15) is 12.2 Å². The molecule has 4 heterocycles. The normalized spacial score (nSPS) is 17.8. The first-order valence-electron chi connectivity index (χ1n) is 10.4. The third-order valence-electron chi connectivity index (χ3n) is 5.81. The fourth-order valence-electron chi connectivity index (χ4n) is 4.26. The molecule has 1 aliphatic rings. The molecule has 0 radical (unpaired) electrons. The molecular weight excluding hydrogens is 404 g/mol. The Hall–Kier alpha value is -3.90. The molecule has 32 heavy (non-hydrogen) atoms. The molecule has 2 bridgehead atoms. The minimum absolute atomic E-state index is 0.0739. The van der Waals surface area contributed by atoms with Gasteiger partial charge < -0.3 is 4.74 Å². The lowest BCUT2D eigenvalue weighted by Gasteiger charge is -2.23. The highest BCUT2D eigenvalue weighted by atomic mass is 16.5. The van der Waals surface area contributed by atoms with E-state index >= 15 is 0 Å². The van der Waals surface area contributed by atoms with E-state index in [4.69, 9.17) is 4.74 Å². The van der Waals surface area contributed by atoms with Crippen molar-refractivity contribution in [1.82, 2.24) is 34.7 Å². The summed E-state index contributed by atoms with van der Waals surface area (Å²) >= 11 is 0. The van der Waals surface area contributed by atoms with E-state index in [1.807, 2.05) is 58.5 Å². The second kappa shape index (κ2) is 7.66. The van der Waals surface area contributed by atoms with E-state index in [9.17, 15) is 5.26 Å². The van der Waals surface area contributed by atoms with Crippen LogP contribution in [0.15, 0.2) is 24.4 Å². The Morgan fingerprint density at radius 2 is 2.03 bits per heavy atom. The largest absolute Gasteiger partial charge is 0.473 e. The molecule has 5 rings (SSSR count). The van der Waals surface area contributed by atoms with Crippen LogP contribution < -0.4 is 4.74 Å². The summed E-state index contributed by atoms with van der Waals surface area (Å²) < 4.78 is 9.90. The fourth-order valence-corrected chi connectivity index (χ4v) is 4.26. The Morgan fingerprint density at radius 1 is 1.19 bits per heavy atom. The van der Waals surface area contributed by atoms with Crippen LogP contribution in [-0.2, 0) is 20.6 Å². The molecule has 1 N–H and O–H groups in total. The SMILES string of the molecule is CC1CN(C)Cc2c(c(C#N)nn2C)/C=C/c2[nH]nc3ccc(cc23)-c2cnn(C)c2O1. The number of nitrogens with one attached hydrogen (secondary N) is 1. The number of benzene rings is 1. The number of likely N-dealkylation sites (N-methyl/N-ethyl adjacent to an activating group) is 1. The number of aromatic amines is 1. The van der Waals surface area contributed by atoms with Crippen LogP contribution in [0.1, 0.15) is 29.6 Å². The van der Waals surface area contributed by atoms with Gasteiger partial charge in [-0.1, -0.05) is 6.07 Å². The van der Waals surface area contributed by atoms with Gasteiger partial charge in [0.25, 0.3) is 0 Å². The summed E-state index contributed by atoms with van der Waals surface area (Å²) in [4.78, 5) is 2.17. The van der Waals surface area contributed by atoms with Crippen molar-refractivity contribution >= 4 is 23.1 Å². The van der Waals surface area contributed by atoms with Crippen molar-refractivity contribution in [2.45, 2.75) is 19.6 Å². The Bertz CT molecular complexity index is 1380. The number of fused-ring (bicyclic) bond motifs is 4. The molecule has 0 saturated heterocycles. The predicted molar refractivity (Wildman–Crippen MR) is 122 cm³/mol. The molecule has 3 aromatic heterocycles. The van der Waals surface area contributed by atoms with Crippen molar-refractivity contribution in [3.63, 3.8) is 0 Å². The summed E-state index contributed by atoms with van der Waals surface area (Å²) in [5.74, 6) is 0.730. The van der Waals surface area contributed by atoms with Crippen LogP contribution in [0.3, 0.4) is 0 Å². The van der Waals surface area contributed by atoms with Crippen molar-refractivity contribution in [3.05, 3.63) is 47.0 Å². The molecule has 0 fully saturated rings. The second-order valence-corrected chi connectivity index (χ2v) is 8.26. The third-order valence-corrected chi connectivity index (χ3v) is 5.81. The van der Waals surface area contributed by atoms with Crippen molar-refractivity contribution < 1.29 is 4.74 Å².